The summed E-state index contributed by atoms with van der Waals surface area (Å²) in [6, 6.07) is 8.58. The van der Waals surface area contributed by atoms with Crippen LogP contribution in [-0.2, 0) is 6.42 Å². The van der Waals surface area contributed by atoms with Crippen molar-refractivity contribution in [3.63, 3.8) is 0 Å². The van der Waals surface area contributed by atoms with Crippen LogP contribution < -0.4 is 5.32 Å². The quantitative estimate of drug-likeness (QED) is 0.809. The highest BCUT2D eigenvalue weighted by atomic mass is 19.1. The SMILES string of the molecule is CCNC(CCCF)Cc1ccc2ccoc2c1. The number of nitrogens with one attached hydrogen (secondary N) is 1. The van der Waals surface area contributed by atoms with Crippen molar-refractivity contribution in [2.24, 2.45) is 0 Å². The highest BCUT2D eigenvalue weighted by Crippen LogP contribution is 2.18. The van der Waals surface area contributed by atoms with E-state index in [4.69, 9.17) is 4.42 Å². The third kappa shape index (κ3) is 3.33. The molecule has 3 heteroatoms. The van der Waals surface area contributed by atoms with Gasteiger partial charge in [-0.1, -0.05) is 19.1 Å². The van der Waals surface area contributed by atoms with Gasteiger partial charge in [-0.25, -0.2) is 0 Å². The van der Waals surface area contributed by atoms with Gasteiger partial charge < -0.3 is 9.73 Å². The molecule has 0 radical (unpaired) electrons. The van der Waals surface area contributed by atoms with E-state index >= 15 is 0 Å². The predicted octanol–water partition coefficient (Wildman–Crippen LogP) is 3.70. The van der Waals surface area contributed by atoms with Crippen LogP contribution in [0, 0.1) is 0 Å². The van der Waals surface area contributed by atoms with E-state index in [0.717, 1.165) is 30.4 Å². The molecule has 98 valence electrons. The molecule has 0 saturated heterocycles. The normalized spacial score (nSPS) is 13.0. The molecule has 1 atom stereocenters. The van der Waals surface area contributed by atoms with Gasteiger partial charge in [0.25, 0.3) is 0 Å². The van der Waals surface area contributed by atoms with Gasteiger partial charge in [0.2, 0.25) is 0 Å². The van der Waals surface area contributed by atoms with Gasteiger partial charge in [-0.2, -0.15) is 0 Å². The molecule has 18 heavy (non-hydrogen) atoms. The first-order valence-corrected chi connectivity index (χ1v) is 6.59. The fraction of sp³-hybridized carbons (Fsp3) is 0.467. The molecule has 0 aliphatic heterocycles. The lowest BCUT2D eigenvalue weighted by molar-refractivity contribution is 0.410. The van der Waals surface area contributed by atoms with Crippen molar-refractivity contribution in [1.82, 2.24) is 5.32 Å². The number of fused-ring (bicyclic) bond motifs is 1. The van der Waals surface area contributed by atoms with E-state index in [1.807, 2.05) is 6.07 Å². The summed E-state index contributed by atoms with van der Waals surface area (Å²) in [6.07, 6.45) is 4.13. The van der Waals surface area contributed by atoms with Crippen LogP contribution in [0.3, 0.4) is 0 Å². The molecule has 0 saturated carbocycles. The van der Waals surface area contributed by atoms with Gasteiger partial charge in [-0.15, -0.1) is 0 Å². The first-order valence-electron chi connectivity index (χ1n) is 6.59. The Balaban J connectivity index is 2.04. The lowest BCUT2D eigenvalue weighted by atomic mass is 10.0. The Morgan fingerprint density at radius 1 is 1.33 bits per heavy atom. The van der Waals surface area contributed by atoms with Gasteiger partial charge in [0.15, 0.2) is 0 Å². The van der Waals surface area contributed by atoms with Crippen molar-refractivity contribution in [3.8, 4) is 0 Å². The first kappa shape index (κ1) is 13.1. The Morgan fingerprint density at radius 2 is 2.22 bits per heavy atom. The zero-order chi connectivity index (χ0) is 12.8. The summed E-state index contributed by atoms with van der Waals surface area (Å²) in [4.78, 5) is 0. The molecule has 2 rings (SSSR count). The molecule has 1 unspecified atom stereocenters. The maximum absolute atomic E-state index is 12.3. The number of alkyl halides is 1. The molecule has 0 amide bonds. The zero-order valence-corrected chi connectivity index (χ0v) is 10.8. The van der Waals surface area contributed by atoms with Crippen LogP contribution in [0.1, 0.15) is 25.3 Å². The van der Waals surface area contributed by atoms with Crippen LogP contribution >= 0.6 is 0 Å². The Morgan fingerprint density at radius 3 is 3.00 bits per heavy atom. The van der Waals surface area contributed by atoms with Crippen LogP contribution in [0.4, 0.5) is 4.39 Å². The number of hydrogen-bond acceptors (Lipinski definition) is 2. The monoisotopic (exact) mass is 249 g/mol. The molecule has 1 aromatic heterocycles. The summed E-state index contributed by atoms with van der Waals surface area (Å²) in [5.41, 5.74) is 2.16. The largest absolute Gasteiger partial charge is 0.464 e. The molecule has 1 heterocycles. The summed E-state index contributed by atoms with van der Waals surface area (Å²) >= 11 is 0. The third-order valence-corrected chi connectivity index (χ3v) is 3.18. The van der Waals surface area contributed by atoms with Crippen LogP contribution in [0.15, 0.2) is 34.9 Å². The minimum atomic E-state index is -0.237. The van der Waals surface area contributed by atoms with E-state index in [1.54, 1.807) is 6.26 Å². The Hall–Kier alpha value is -1.35. The molecule has 1 N–H and O–H groups in total. The Labute approximate surface area is 107 Å². The van der Waals surface area contributed by atoms with Gasteiger partial charge >= 0.3 is 0 Å². The lowest BCUT2D eigenvalue weighted by Crippen LogP contribution is -2.31. The van der Waals surface area contributed by atoms with Gasteiger partial charge in [0.05, 0.1) is 12.9 Å². The number of furan rings is 1. The number of likely N-dealkylation sites (N-methyl/N-ethyl adjacent to an activating group) is 1. The second kappa shape index (κ2) is 6.55. The van der Waals surface area contributed by atoms with E-state index in [1.165, 1.54) is 5.56 Å². The fourth-order valence-electron chi connectivity index (χ4n) is 2.30. The molecule has 0 fully saturated rings. The minimum Gasteiger partial charge on any atom is -0.464 e. The van der Waals surface area contributed by atoms with Crippen LogP contribution in [-0.4, -0.2) is 19.3 Å². The van der Waals surface area contributed by atoms with Crippen molar-refractivity contribution < 1.29 is 8.81 Å². The van der Waals surface area contributed by atoms with E-state index in [0.29, 0.717) is 12.5 Å². The molecular weight excluding hydrogens is 229 g/mol. The average molecular weight is 249 g/mol. The molecular formula is C15H20FNO. The molecule has 2 nitrogen and oxygen atoms in total. The lowest BCUT2D eigenvalue weighted by Gasteiger charge is -2.17. The summed E-state index contributed by atoms with van der Waals surface area (Å²) in [6.45, 7) is 2.76. The van der Waals surface area contributed by atoms with E-state index < -0.39 is 0 Å². The number of benzene rings is 1. The molecule has 0 spiro atoms. The predicted molar refractivity (Wildman–Crippen MR) is 72.6 cm³/mol. The van der Waals surface area contributed by atoms with Gasteiger partial charge in [-0.3, -0.25) is 4.39 Å². The van der Waals surface area contributed by atoms with Gasteiger partial charge in [0.1, 0.15) is 5.58 Å². The standard InChI is InChI=1S/C15H20FNO/c1-2-17-14(4-3-8-16)10-12-5-6-13-7-9-18-15(13)11-12/h5-7,9,11,14,17H,2-4,8,10H2,1H3. The average Bonchev–Trinajstić information content (AvgIpc) is 2.83. The van der Waals surface area contributed by atoms with Crippen LogP contribution in [0.5, 0.6) is 0 Å². The second-order valence-corrected chi connectivity index (χ2v) is 4.58. The minimum absolute atomic E-state index is 0.237. The van der Waals surface area contributed by atoms with Crippen molar-refractivity contribution >= 4 is 11.0 Å². The number of rotatable bonds is 7. The number of hydrogen-bond donors (Lipinski definition) is 1. The summed E-state index contributed by atoms with van der Waals surface area (Å²) < 4.78 is 17.7. The summed E-state index contributed by atoms with van der Waals surface area (Å²) in [5, 5.41) is 4.54. The highest BCUT2D eigenvalue weighted by Gasteiger charge is 2.09. The van der Waals surface area contributed by atoms with Gasteiger partial charge in [-0.05, 0) is 43.5 Å². The topological polar surface area (TPSA) is 25.2 Å². The fourth-order valence-corrected chi connectivity index (χ4v) is 2.30. The Bertz CT molecular complexity index is 480. The molecule has 0 bridgehead atoms. The third-order valence-electron chi connectivity index (χ3n) is 3.18. The van der Waals surface area contributed by atoms with E-state index in [9.17, 15) is 4.39 Å². The van der Waals surface area contributed by atoms with Crippen molar-refractivity contribution in [3.05, 3.63) is 36.1 Å². The molecule has 2 aromatic rings. The molecule has 1 aromatic carbocycles. The number of halogens is 1. The molecule has 0 aliphatic rings. The first-order chi connectivity index (χ1) is 8.83. The Kier molecular flexibility index (Phi) is 4.76. The van der Waals surface area contributed by atoms with Crippen molar-refractivity contribution in [2.45, 2.75) is 32.2 Å². The highest BCUT2D eigenvalue weighted by molar-refractivity contribution is 5.77. The van der Waals surface area contributed by atoms with Crippen molar-refractivity contribution in [1.29, 1.82) is 0 Å². The molecule has 0 aliphatic carbocycles. The maximum Gasteiger partial charge on any atom is 0.134 e. The van der Waals surface area contributed by atoms with E-state index in [2.05, 4.69) is 30.4 Å². The van der Waals surface area contributed by atoms with Crippen LogP contribution in [0.2, 0.25) is 0 Å². The zero-order valence-electron chi connectivity index (χ0n) is 10.8. The summed E-state index contributed by atoms with van der Waals surface area (Å²) in [5.74, 6) is 0. The maximum atomic E-state index is 12.3. The smallest absolute Gasteiger partial charge is 0.134 e. The van der Waals surface area contributed by atoms with E-state index in [-0.39, 0.29) is 6.67 Å². The van der Waals surface area contributed by atoms with Crippen molar-refractivity contribution in [2.75, 3.05) is 13.2 Å². The van der Waals surface area contributed by atoms with Gasteiger partial charge in [0, 0.05) is 11.4 Å². The second-order valence-electron chi connectivity index (χ2n) is 4.58. The summed E-state index contributed by atoms with van der Waals surface area (Å²) in [7, 11) is 0. The van der Waals surface area contributed by atoms with Crippen LogP contribution in [0.25, 0.3) is 11.0 Å².